The Morgan fingerprint density at radius 3 is 2.65 bits per heavy atom. The van der Waals surface area contributed by atoms with Crippen molar-refractivity contribution in [1.82, 2.24) is 5.43 Å². The quantitative estimate of drug-likeness (QED) is 0.207. The van der Waals surface area contributed by atoms with E-state index in [2.05, 4.69) is 10.5 Å². The lowest BCUT2D eigenvalue weighted by molar-refractivity contribution is -0.384. The Hall–Kier alpha value is -4.37. The van der Waals surface area contributed by atoms with Crippen molar-refractivity contribution in [2.45, 2.75) is 6.61 Å². The Morgan fingerprint density at radius 1 is 1.12 bits per heavy atom. The van der Waals surface area contributed by atoms with Gasteiger partial charge in [-0.3, -0.25) is 14.9 Å². The molecule has 0 radical (unpaired) electrons. The first kappa shape index (κ1) is 22.8. The lowest BCUT2D eigenvalue weighted by atomic mass is 10.2. The molecule has 34 heavy (non-hydrogen) atoms. The Bertz CT molecular complexity index is 1380. The smallest absolute Gasteiger partial charge is 0.307 e. The lowest BCUT2D eigenvalue weighted by Gasteiger charge is -2.11. The average molecular weight is 480 g/mol. The third kappa shape index (κ3) is 5.33. The van der Waals surface area contributed by atoms with E-state index in [-0.39, 0.29) is 11.4 Å². The molecule has 4 aromatic rings. The van der Waals surface area contributed by atoms with Crippen molar-refractivity contribution in [2.75, 3.05) is 7.11 Å². The molecule has 3 aromatic carbocycles. The fourth-order valence-corrected chi connectivity index (χ4v) is 3.23. The SMILES string of the molecule is COc1cc(/C=N\NC(=O)c2cc3cc([N+](=O)[O-])ccc3o2)ccc1OCc1ccc(Cl)cc1. The van der Waals surface area contributed by atoms with Crippen molar-refractivity contribution < 1.29 is 23.6 Å². The molecule has 1 N–H and O–H groups in total. The molecule has 0 unspecified atom stereocenters. The Balaban J connectivity index is 1.40. The number of methoxy groups -OCH3 is 1. The first-order chi connectivity index (χ1) is 16.4. The van der Waals surface area contributed by atoms with Crippen LogP contribution < -0.4 is 14.9 Å². The van der Waals surface area contributed by atoms with E-state index in [1.165, 1.54) is 37.6 Å². The van der Waals surface area contributed by atoms with E-state index in [9.17, 15) is 14.9 Å². The fourth-order valence-electron chi connectivity index (χ4n) is 3.10. The highest BCUT2D eigenvalue weighted by Crippen LogP contribution is 2.28. The van der Waals surface area contributed by atoms with Crippen LogP contribution in [0.5, 0.6) is 11.5 Å². The number of benzene rings is 3. The van der Waals surface area contributed by atoms with Crippen LogP contribution in [0, 0.1) is 10.1 Å². The number of hydrazone groups is 1. The summed E-state index contributed by atoms with van der Waals surface area (Å²) in [7, 11) is 1.53. The molecule has 0 saturated carbocycles. The second-order valence-corrected chi connectivity index (χ2v) is 7.55. The average Bonchev–Trinajstić information content (AvgIpc) is 3.27. The zero-order chi connectivity index (χ0) is 24.1. The number of furan rings is 1. The number of fused-ring (bicyclic) bond motifs is 1. The number of rotatable bonds is 8. The molecule has 0 spiro atoms. The van der Waals surface area contributed by atoms with Gasteiger partial charge in [0.25, 0.3) is 5.69 Å². The van der Waals surface area contributed by atoms with Gasteiger partial charge >= 0.3 is 5.91 Å². The molecule has 0 aliphatic heterocycles. The predicted molar refractivity (Wildman–Crippen MR) is 127 cm³/mol. The normalized spacial score (nSPS) is 11.0. The topological polar surface area (TPSA) is 116 Å². The molecule has 1 heterocycles. The summed E-state index contributed by atoms with van der Waals surface area (Å²) in [5.41, 5.74) is 4.26. The summed E-state index contributed by atoms with van der Waals surface area (Å²) in [5, 5.41) is 15.9. The van der Waals surface area contributed by atoms with Gasteiger partial charge in [0.2, 0.25) is 0 Å². The van der Waals surface area contributed by atoms with Gasteiger partial charge in [-0.1, -0.05) is 23.7 Å². The largest absolute Gasteiger partial charge is 0.493 e. The van der Waals surface area contributed by atoms with Crippen LogP contribution in [0.2, 0.25) is 5.02 Å². The van der Waals surface area contributed by atoms with Crippen molar-refractivity contribution in [1.29, 1.82) is 0 Å². The lowest BCUT2D eigenvalue weighted by Crippen LogP contribution is -2.16. The maximum Gasteiger partial charge on any atom is 0.307 e. The summed E-state index contributed by atoms with van der Waals surface area (Å²) < 4.78 is 16.7. The standard InChI is InChI=1S/C24H18ClN3O6/c1-32-22-10-16(4-8-21(22)33-14-15-2-5-18(25)6-3-15)13-26-27-24(29)23-12-17-11-19(28(30)31)7-9-20(17)34-23/h2-13H,14H2,1H3,(H,27,29)/b26-13-. The van der Waals surface area contributed by atoms with E-state index in [1.54, 1.807) is 30.3 Å². The minimum atomic E-state index is -0.593. The highest BCUT2D eigenvalue weighted by Gasteiger charge is 2.14. The minimum Gasteiger partial charge on any atom is -0.493 e. The summed E-state index contributed by atoms with van der Waals surface area (Å²) in [6, 6.07) is 18.1. The number of hydrogen-bond donors (Lipinski definition) is 1. The van der Waals surface area contributed by atoms with Crippen LogP contribution in [0.3, 0.4) is 0 Å². The molecular formula is C24H18ClN3O6. The third-order valence-electron chi connectivity index (χ3n) is 4.81. The third-order valence-corrected chi connectivity index (χ3v) is 5.06. The van der Waals surface area contributed by atoms with Crippen molar-refractivity contribution in [3.05, 3.63) is 98.8 Å². The van der Waals surface area contributed by atoms with Gasteiger partial charge in [0.15, 0.2) is 17.3 Å². The number of nitro groups is 1. The van der Waals surface area contributed by atoms with Gasteiger partial charge < -0.3 is 13.9 Å². The molecule has 0 fully saturated rings. The molecular weight excluding hydrogens is 462 g/mol. The van der Waals surface area contributed by atoms with Crippen LogP contribution in [-0.4, -0.2) is 24.2 Å². The highest BCUT2D eigenvalue weighted by molar-refractivity contribution is 6.30. The van der Waals surface area contributed by atoms with E-state index >= 15 is 0 Å². The van der Waals surface area contributed by atoms with Gasteiger partial charge in [-0.15, -0.1) is 0 Å². The molecule has 0 aliphatic rings. The fraction of sp³-hybridized carbons (Fsp3) is 0.0833. The summed E-state index contributed by atoms with van der Waals surface area (Å²) in [6.07, 6.45) is 1.44. The van der Waals surface area contributed by atoms with E-state index in [0.29, 0.717) is 39.7 Å². The summed E-state index contributed by atoms with van der Waals surface area (Å²) in [6.45, 7) is 0.345. The minimum absolute atomic E-state index is 0.0174. The zero-order valence-electron chi connectivity index (χ0n) is 17.9. The number of nitro benzene ring substituents is 1. The van der Waals surface area contributed by atoms with Gasteiger partial charge in [-0.2, -0.15) is 5.10 Å². The molecule has 4 rings (SSSR count). The maximum atomic E-state index is 12.3. The van der Waals surface area contributed by atoms with Gasteiger partial charge in [-0.25, -0.2) is 5.43 Å². The van der Waals surface area contributed by atoms with Gasteiger partial charge in [0.1, 0.15) is 12.2 Å². The first-order valence-corrected chi connectivity index (χ1v) is 10.4. The summed E-state index contributed by atoms with van der Waals surface area (Å²) in [5.74, 6) is 0.444. The van der Waals surface area contributed by atoms with Crippen molar-refractivity contribution in [3.8, 4) is 11.5 Å². The number of nitrogens with zero attached hydrogens (tertiary/aromatic N) is 2. The van der Waals surface area contributed by atoms with Crippen LogP contribution >= 0.6 is 11.6 Å². The monoisotopic (exact) mass is 479 g/mol. The number of carbonyl (C=O) groups is 1. The first-order valence-electron chi connectivity index (χ1n) is 9.99. The molecule has 10 heteroatoms. The Kier molecular flexibility index (Phi) is 6.74. The maximum absolute atomic E-state index is 12.3. The molecule has 0 saturated heterocycles. The number of non-ortho nitro benzene ring substituents is 1. The van der Waals surface area contributed by atoms with E-state index in [1.807, 2.05) is 12.1 Å². The predicted octanol–water partition coefficient (Wildman–Crippen LogP) is 5.35. The molecule has 0 atom stereocenters. The number of halogens is 1. The van der Waals surface area contributed by atoms with Crippen LogP contribution in [0.1, 0.15) is 21.7 Å². The van der Waals surface area contributed by atoms with Crippen molar-refractivity contribution in [3.63, 3.8) is 0 Å². The van der Waals surface area contributed by atoms with Crippen LogP contribution in [0.4, 0.5) is 5.69 Å². The number of nitrogens with one attached hydrogen (secondary N) is 1. The number of amides is 1. The Morgan fingerprint density at radius 2 is 1.91 bits per heavy atom. The second kappa shape index (κ2) is 10.1. The Labute approximate surface area is 198 Å². The zero-order valence-corrected chi connectivity index (χ0v) is 18.6. The van der Waals surface area contributed by atoms with E-state index in [4.69, 9.17) is 25.5 Å². The van der Waals surface area contributed by atoms with Crippen LogP contribution in [0.25, 0.3) is 11.0 Å². The van der Waals surface area contributed by atoms with Gasteiger partial charge in [0, 0.05) is 22.5 Å². The van der Waals surface area contributed by atoms with Crippen molar-refractivity contribution >= 4 is 40.4 Å². The molecule has 0 aliphatic carbocycles. The van der Waals surface area contributed by atoms with E-state index < -0.39 is 10.8 Å². The second-order valence-electron chi connectivity index (χ2n) is 7.11. The number of ether oxygens (including phenoxy) is 2. The number of hydrogen-bond acceptors (Lipinski definition) is 7. The van der Waals surface area contributed by atoms with Crippen LogP contribution in [0.15, 0.2) is 76.2 Å². The van der Waals surface area contributed by atoms with Gasteiger partial charge in [0.05, 0.1) is 18.2 Å². The molecule has 9 nitrogen and oxygen atoms in total. The highest BCUT2D eigenvalue weighted by atomic mass is 35.5. The molecule has 0 bridgehead atoms. The molecule has 172 valence electrons. The molecule has 1 aromatic heterocycles. The molecule has 1 amide bonds. The van der Waals surface area contributed by atoms with Gasteiger partial charge in [-0.05, 0) is 53.6 Å². The summed E-state index contributed by atoms with van der Waals surface area (Å²) >= 11 is 5.90. The van der Waals surface area contributed by atoms with E-state index in [0.717, 1.165) is 5.56 Å². The van der Waals surface area contributed by atoms with Crippen LogP contribution in [-0.2, 0) is 6.61 Å². The van der Waals surface area contributed by atoms with Crippen molar-refractivity contribution in [2.24, 2.45) is 5.10 Å². The summed E-state index contributed by atoms with van der Waals surface area (Å²) in [4.78, 5) is 22.7. The number of carbonyl (C=O) groups excluding carboxylic acids is 1.